The van der Waals surface area contributed by atoms with Gasteiger partial charge in [-0.1, -0.05) is 0 Å². The van der Waals surface area contributed by atoms with Gasteiger partial charge in [0.05, 0.1) is 0 Å². The molecule has 1 rings (SSSR count). The fourth-order valence-corrected chi connectivity index (χ4v) is 0.900. The first-order chi connectivity index (χ1) is 6.45. The maximum absolute atomic E-state index is 12.1. The predicted octanol–water partition coefficient (Wildman–Crippen LogP) is 1.46. The topological polar surface area (TPSA) is 56.0 Å². The van der Waals surface area contributed by atoms with Crippen molar-refractivity contribution >= 4 is 6.29 Å². The molecule has 0 bridgehead atoms. The molecule has 3 nitrogen and oxygen atoms in total. The summed E-state index contributed by atoms with van der Waals surface area (Å²) in [6.07, 6.45) is -1.95. The second-order valence-corrected chi connectivity index (χ2v) is 2.69. The average molecular weight is 204 g/mol. The van der Waals surface area contributed by atoms with Crippen molar-refractivity contribution in [2.75, 3.05) is 0 Å². The molecule has 0 aliphatic heterocycles. The number of carbonyl (C=O) groups excluding carboxylic acids is 1. The lowest BCUT2D eigenvalue weighted by Gasteiger charge is -2.15. The summed E-state index contributed by atoms with van der Waals surface area (Å²) in [6, 6.07) is -1.03. The third-order valence-electron chi connectivity index (χ3n) is 1.63. The van der Waals surface area contributed by atoms with Gasteiger partial charge in [0.1, 0.15) is 6.04 Å². The molecule has 76 valence electrons. The maximum Gasteiger partial charge on any atom is 0.407 e. The molecule has 14 heavy (non-hydrogen) atoms. The Morgan fingerprint density at radius 3 is 2.57 bits per heavy atom. The minimum Gasteiger partial charge on any atom is -0.316 e. The molecule has 0 saturated heterocycles. The van der Waals surface area contributed by atoms with Crippen LogP contribution in [0.1, 0.15) is 22.0 Å². The van der Waals surface area contributed by atoms with Gasteiger partial charge in [0.2, 0.25) is 0 Å². The molecule has 0 aliphatic carbocycles. The van der Waals surface area contributed by atoms with Crippen LogP contribution in [-0.4, -0.2) is 17.4 Å². The van der Waals surface area contributed by atoms with Crippen LogP contribution in [0.25, 0.3) is 0 Å². The molecular formula is C8H7F3N2O. The van der Waals surface area contributed by atoms with E-state index in [9.17, 15) is 18.0 Å². The Morgan fingerprint density at radius 2 is 2.07 bits per heavy atom. The highest BCUT2D eigenvalue weighted by Crippen LogP contribution is 2.29. The van der Waals surface area contributed by atoms with Crippen molar-refractivity contribution < 1.29 is 18.0 Å². The molecule has 0 radical (unpaired) electrons. The number of hydrogen-bond acceptors (Lipinski definition) is 3. The summed E-state index contributed by atoms with van der Waals surface area (Å²) < 4.78 is 36.4. The average Bonchev–Trinajstić information content (AvgIpc) is 2.15. The minimum atomic E-state index is -4.52. The molecule has 6 heteroatoms. The van der Waals surface area contributed by atoms with E-state index >= 15 is 0 Å². The molecule has 0 aromatic carbocycles. The SMILES string of the molecule is N[C@@H](c1cncc(C=O)c1)C(F)(F)F. The zero-order valence-electron chi connectivity index (χ0n) is 6.95. The third-order valence-corrected chi connectivity index (χ3v) is 1.63. The number of halogens is 3. The first kappa shape index (κ1) is 10.6. The maximum atomic E-state index is 12.1. The molecular weight excluding hydrogens is 197 g/mol. The molecule has 0 aliphatic rings. The lowest BCUT2D eigenvalue weighted by molar-refractivity contribution is -0.149. The number of pyridine rings is 1. The molecule has 0 fully saturated rings. The standard InChI is InChI=1S/C8H7F3N2O/c9-8(10,11)7(12)6-1-5(4-14)2-13-3-6/h1-4,7H,12H2/t7-/m0/s1. The fourth-order valence-electron chi connectivity index (χ4n) is 0.900. The van der Waals surface area contributed by atoms with Gasteiger partial charge in [0.15, 0.2) is 6.29 Å². The summed E-state index contributed by atoms with van der Waals surface area (Å²) in [5.41, 5.74) is 4.77. The van der Waals surface area contributed by atoms with Gasteiger partial charge in [0.25, 0.3) is 0 Å². The zero-order valence-corrected chi connectivity index (χ0v) is 6.95. The summed E-state index contributed by atoms with van der Waals surface area (Å²) in [6.45, 7) is 0. The number of carbonyl (C=O) groups is 1. The van der Waals surface area contributed by atoms with E-state index in [1.165, 1.54) is 6.20 Å². The highest BCUT2D eigenvalue weighted by molar-refractivity contribution is 5.74. The first-order valence-electron chi connectivity index (χ1n) is 3.67. The fraction of sp³-hybridized carbons (Fsp3) is 0.250. The van der Waals surface area contributed by atoms with E-state index < -0.39 is 12.2 Å². The van der Waals surface area contributed by atoms with Crippen molar-refractivity contribution in [1.82, 2.24) is 4.98 Å². The number of nitrogens with two attached hydrogens (primary N) is 1. The Bertz CT molecular complexity index is 338. The molecule has 1 atom stereocenters. The molecule has 0 saturated carbocycles. The summed E-state index contributed by atoms with van der Waals surface area (Å²) in [5.74, 6) is 0. The second kappa shape index (κ2) is 3.75. The normalized spacial score (nSPS) is 13.7. The molecule has 1 aromatic rings. The van der Waals surface area contributed by atoms with Gasteiger partial charge in [-0.15, -0.1) is 0 Å². The van der Waals surface area contributed by atoms with Crippen LogP contribution in [-0.2, 0) is 0 Å². The summed E-state index contributed by atoms with van der Waals surface area (Å²) in [4.78, 5) is 13.7. The van der Waals surface area contributed by atoms with Crippen LogP contribution >= 0.6 is 0 Å². The first-order valence-corrected chi connectivity index (χ1v) is 3.67. The highest BCUT2D eigenvalue weighted by atomic mass is 19.4. The Kier molecular flexibility index (Phi) is 2.85. The van der Waals surface area contributed by atoms with E-state index in [-0.39, 0.29) is 11.1 Å². The lowest BCUT2D eigenvalue weighted by atomic mass is 10.1. The van der Waals surface area contributed by atoms with Crippen molar-refractivity contribution in [1.29, 1.82) is 0 Å². The summed E-state index contributed by atoms with van der Waals surface area (Å²) >= 11 is 0. The van der Waals surface area contributed by atoms with Gasteiger partial charge in [-0.25, -0.2) is 0 Å². The van der Waals surface area contributed by atoms with Crippen molar-refractivity contribution in [2.24, 2.45) is 5.73 Å². The molecule has 0 spiro atoms. The lowest BCUT2D eigenvalue weighted by Crippen LogP contribution is -2.28. The van der Waals surface area contributed by atoms with Crippen LogP contribution in [0.5, 0.6) is 0 Å². The Morgan fingerprint density at radius 1 is 1.43 bits per heavy atom. The minimum absolute atomic E-state index is 0.0715. The Hall–Kier alpha value is -1.43. The van der Waals surface area contributed by atoms with Crippen LogP contribution < -0.4 is 5.73 Å². The third kappa shape index (κ3) is 2.29. The molecule has 0 amide bonds. The van der Waals surface area contributed by atoms with Crippen LogP contribution in [0.15, 0.2) is 18.5 Å². The number of aldehydes is 1. The van der Waals surface area contributed by atoms with Crippen molar-refractivity contribution in [2.45, 2.75) is 12.2 Å². The van der Waals surface area contributed by atoms with E-state index in [0.717, 1.165) is 12.3 Å². The Labute approximate surface area is 77.7 Å². The van der Waals surface area contributed by atoms with Gasteiger partial charge in [-0.2, -0.15) is 13.2 Å². The van der Waals surface area contributed by atoms with Crippen LogP contribution in [0.4, 0.5) is 13.2 Å². The monoisotopic (exact) mass is 204 g/mol. The quantitative estimate of drug-likeness (QED) is 0.742. The van der Waals surface area contributed by atoms with E-state index in [1.54, 1.807) is 0 Å². The smallest absolute Gasteiger partial charge is 0.316 e. The van der Waals surface area contributed by atoms with E-state index in [4.69, 9.17) is 5.73 Å². The van der Waals surface area contributed by atoms with Gasteiger partial charge in [-0.3, -0.25) is 9.78 Å². The number of hydrogen-bond donors (Lipinski definition) is 1. The van der Waals surface area contributed by atoms with Gasteiger partial charge in [0, 0.05) is 18.0 Å². The largest absolute Gasteiger partial charge is 0.407 e. The number of alkyl halides is 3. The summed E-state index contributed by atoms with van der Waals surface area (Å²) in [7, 11) is 0. The van der Waals surface area contributed by atoms with Gasteiger partial charge >= 0.3 is 6.18 Å². The second-order valence-electron chi connectivity index (χ2n) is 2.69. The predicted molar refractivity (Wildman–Crippen MR) is 42.6 cm³/mol. The highest BCUT2D eigenvalue weighted by Gasteiger charge is 2.38. The number of rotatable bonds is 2. The molecule has 1 heterocycles. The molecule has 0 unspecified atom stereocenters. The van der Waals surface area contributed by atoms with E-state index in [1.807, 2.05) is 0 Å². The van der Waals surface area contributed by atoms with E-state index in [2.05, 4.69) is 4.98 Å². The van der Waals surface area contributed by atoms with Crippen molar-refractivity contribution in [3.05, 3.63) is 29.6 Å². The summed E-state index contributed by atoms with van der Waals surface area (Å²) in [5, 5.41) is 0. The Balaban J connectivity index is 3.01. The number of aromatic nitrogens is 1. The van der Waals surface area contributed by atoms with Crippen molar-refractivity contribution in [3.8, 4) is 0 Å². The van der Waals surface area contributed by atoms with Crippen molar-refractivity contribution in [3.63, 3.8) is 0 Å². The van der Waals surface area contributed by atoms with Crippen LogP contribution in [0.2, 0.25) is 0 Å². The van der Waals surface area contributed by atoms with E-state index in [0.29, 0.717) is 6.29 Å². The molecule has 2 N–H and O–H groups in total. The molecule has 1 aromatic heterocycles. The van der Waals surface area contributed by atoms with Crippen LogP contribution in [0, 0.1) is 0 Å². The van der Waals surface area contributed by atoms with Gasteiger partial charge < -0.3 is 5.73 Å². The number of nitrogens with zero attached hydrogens (tertiary/aromatic N) is 1. The van der Waals surface area contributed by atoms with Gasteiger partial charge in [-0.05, 0) is 11.6 Å². The van der Waals surface area contributed by atoms with Crippen LogP contribution in [0.3, 0.4) is 0 Å². The zero-order chi connectivity index (χ0) is 10.8.